The Morgan fingerprint density at radius 2 is 1.91 bits per heavy atom. The van der Waals surface area contributed by atoms with Gasteiger partial charge >= 0.3 is 0 Å². The molecule has 0 bridgehead atoms. The number of rotatable bonds is 7. The highest BCUT2D eigenvalue weighted by atomic mass is 35.5. The van der Waals surface area contributed by atoms with E-state index in [1.165, 1.54) is 10.6 Å². The fourth-order valence-corrected chi connectivity index (χ4v) is 3.56. The lowest BCUT2D eigenvalue weighted by Gasteiger charge is -2.15. The quantitative estimate of drug-likeness (QED) is 0.429. The Morgan fingerprint density at radius 1 is 1.15 bits per heavy atom. The van der Waals surface area contributed by atoms with E-state index in [4.69, 9.17) is 21.7 Å². The molecular formula is C23H20ClF2N5O2. The second kappa shape index (κ2) is 9.51. The first-order valence-corrected chi connectivity index (χ1v) is 10.4. The van der Waals surface area contributed by atoms with Gasteiger partial charge in [0.15, 0.2) is 12.3 Å². The van der Waals surface area contributed by atoms with E-state index in [1.54, 1.807) is 66.3 Å². The molecule has 0 aliphatic rings. The molecule has 0 amide bonds. The van der Waals surface area contributed by atoms with Crippen molar-refractivity contribution >= 4 is 22.6 Å². The summed E-state index contributed by atoms with van der Waals surface area (Å²) in [5.74, 6) is -0.0110. The van der Waals surface area contributed by atoms with Crippen LogP contribution in [-0.4, -0.2) is 34.2 Å². The zero-order chi connectivity index (χ0) is 23.5. The minimum Gasteiger partial charge on any atom is -0.472 e. The van der Waals surface area contributed by atoms with Gasteiger partial charge in [-0.1, -0.05) is 11.6 Å². The number of hydrogen-bond acceptors (Lipinski definition) is 5. The molecule has 4 rings (SSSR count). The average Bonchev–Trinajstić information content (AvgIpc) is 2.80. The number of nitrogens with zero attached hydrogens (tertiary/aromatic N) is 3. The summed E-state index contributed by atoms with van der Waals surface area (Å²) in [6.07, 6.45) is -0.922. The van der Waals surface area contributed by atoms with Gasteiger partial charge in [-0.05, 0) is 55.6 Å². The van der Waals surface area contributed by atoms with E-state index in [0.717, 1.165) is 0 Å². The van der Waals surface area contributed by atoms with Crippen molar-refractivity contribution in [3.8, 4) is 22.7 Å². The molecule has 3 aromatic heterocycles. The Morgan fingerprint density at radius 3 is 2.61 bits per heavy atom. The van der Waals surface area contributed by atoms with Crippen molar-refractivity contribution in [1.29, 1.82) is 5.41 Å². The number of ether oxygens (including phenoxy) is 1. The molecule has 0 aliphatic carbocycles. The van der Waals surface area contributed by atoms with Crippen molar-refractivity contribution in [3.05, 3.63) is 81.7 Å². The third-order valence-electron chi connectivity index (χ3n) is 4.93. The largest absolute Gasteiger partial charge is 0.472 e. The molecule has 0 atom stereocenters. The zero-order valence-electron chi connectivity index (χ0n) is 17.6. The van der Waals surface area contributed by atoms with Crippen LogP contribution in [0.2, 0.25) is 5.02 Å². The number of benzene rings is 1. The highest BCUT2D eigenvalue weighted by Gasteiger charge is 2.16. The van der Waals surface area contributed by atoms with Gasteiger partial charge < -0.3 is 14.6 Å². The molecule has 170 valence electrons. The first-order valence-electron chi connectivity index (χ1n) is 10.0. The van der Waals surface area contributed by atoms with Gasteiger partial charge in [0.2, 0.25) is 5.88 Å². The van der Waals surface area contributed by atoms with E-state index in [2.05, 4.69) is 10.3 Å². The minimum atomic E-state index is -2.65. The fraction of sp³-hybridized carbons (Fsp3) is 0.174. The number of hydrogen-bond donors (Lipinski definition) is 2. The SMILES string of the molecule is CNCn1cc(-c2cc3ccc(OCC(F)F)nc3n(-c3ccc(Cl)cc3)c2=O)ccc1=N. The summed E-state index contributed by atoms with van der Waals surface area (Å²) in [7, 11) is 1.77. The predicted molar refractivity (Wildman–Crippen MR) is 122 cm³/mol. The first-order chi connectivity index (χ1) is 15.9. The Bertz CT molecular complexity index is 1420. The van der Waals surface area contributed by atoms with Crippen LogP contribution in [0, 0.1) is 5.41 Å². The lowest BCUT2D eigenvalue weighted by atomic mass is 10.1. The molecule has 0 saturated carbocycles. The highest BCUT2D eigenvalue weighted by molar-refractivity contribution is 6.30. The van der Waals surface area contributed by atoms with E-state index in [9.17, 15) is 13.6 Å². The number of halogens is 3. The van der Waals surface area contributed by atoms with Crippen molar-refractivity contribution in [1.82, 2.24) is 19.4 Å². The second-order valence-electron chi connectivity index (χ2n) is 7.22. The highest BCUT2D eigenvalue weighted by Crippen LogP contribution is 2.25. The Balaban J connectivity index is 1.97. The molecule has 3 heterocycles. The van der Waals surface area contributed by atoms with Gasteiger partial charge in [-0.15, -0.1) is 0 Å². The number of pyridine rings is 3. The summed E-state index contributed by atoms with van der Waals surface area (Å²) in [5.41, 5.74) is 1.71. The second-order valence-corrected chi connectivity index (χ2v) is 7.66. The monoisotopic (exact) mass is 471 g/mol. The summed E-state index contributed by atoms with van der Waals surface area (Å²) < 4.78 is 33.3. The van der Waals surface area contributed by atoms with Crippen molar-refractivity contribution in [3.63, 3.8) is 0 Å². The van der Waals surface area contributed by atoms with E-state index in [1.807, 2.05) is 0 Å². The molecule has 7 nitrogen and oxygen atoms in total. The number of alkyl halides is 2. The van der Waals surface area contributed by atoms with Gasteiger partial charge in [-0.25, -0.2) is 8.78 Å². The minimum absolute atomic E-state index is 0.0110. The number of fused-ring (bicyclic) bond motifs is 1. The maximum Gasteiger partial charge on any atom is 0.272 e. The Hall–Kier alpha value is -3.56. The van der Waals surface area contributed by atoms with Crippen molar-refractivity contribution < 1.29 is 13.5 Å². The van der Waals surface area contributed by atoms with Crippen LogP contribution >= 0.6 is 11.6 Å². The smallest absolute Gasteiger partial charge is 0.272 e. The molecule has 0 aliphatic heterocycles. The van der Waals surface area contributed by atoms with Gasteiger partial charge in [0, 0.05) is 33.8 Å². The molecule has 0 unspecified atom stereocenters. The molecule has 10 heteroatoms. The zero-order valence-corrected chi connectivity index (χ0v) is 18.3. The third-order valence-corrected chi connectivity index (χ3v) is 5.18. The van der Waals surface area contributed by atoms with Crippen LogP contribution in [0.1, 0.15) is 0 Å². The first kappa shape index (κ1) is 22.6. The molecule has 33 heavy (non-hydrogen) atoms. The molecule has 4 aromatic rings. The number of nitrogens with one attached hydrogen (secondary N) is 2. The lowest BCUT2D eigenvalue weighted by Crippen LogP contribution is -2.26. The average molecular weight is 472 g/mol. The Labute approximate surface area is 192 Å². The summed E-state index contributed by atoms with van der Waals surface area (Å²) >= 11 is 6.02. The topological polar surface area (TPSA) is 84.9 Å². The summed E-state index contributed by atoms with van der Waals surface area (Å²) in [4.78, 5) is 18.0. The molecule has 1 aromatic carbocycles. The molecular weight excluding hydrogens is 452 g/mol. The van der Waals surface area contributed by atoms with Crippen LogP contribution in [0.5, 0.6) is 5.88 Å². The van der Waals surface area contributed by atoms with Crippen LogP contribution < -0.4 is 21.1 Å². The van der Waals surface area contributed by atoms with E-state index < -0.39 is 13.0 Å². The summed E-state index contributed by atoms with van der Waals surface area (Å²) in [6, 6.07) is 14.8. The summed E-state index contributed by atoms with van der Waals surface area (Å²) in [6.45, 7) is -0.398. The lowest BCUT2D eigenvalue weighted by molar-refractivity contribution is 0.0797. The fourth-order valence-electron chi connectivity index (χ4n) is 3.44. The van der Waals surface area contributed by atoms with Gasteiger partial charge in [0.25, 0.3) is 12.0 Å². The van der Waals surface area contributed by atoms with Crippen LogP contribution in [-0.2, 0) is 6.67 Å². The van der Waals surface area contributed by atoms with E-state index in [-0.39, 0.29) is 22.6 Å². The normalized spacial score (nSPS) is 11.3. The molecule has 0 spiro atoms. The Kier molecular flexibility index (Phi) is 6.52. The molecule has 0 fully saturated rings. The van der Waals surface area contributed by atoms with Crippen LogP contribution in [0.15, 0.2) is 65.6 Å². The molecule has 0 saturated heterocycles. The van der Waals surface area contributed by atoms with Crippen molar-refractivity contribution in [2.24, 2.45) is 0 Å². The van der Waals surface area contributed by atoms with Gasteiger partial charge in [0.05, 0.1) is 12.4 Å². The standard InChI is InChI=1S/C23H20ClF2N5O2/c1-28-13-30-11-15(2-8-20(30)27)18-10-14-3-9-21(33-12-19(25)26)29-22(14)31(23(18)32)17-6-4-16(24)5-7-17/h2-11,19,27-28H,12-13H2,1H3. The van der Waals surface area contributed by atoms with Crippen LogP contribution in [0.3, 0.4) is 0 Å². The molecule has 0 radical (unpaired) electrons. The van der Waals surface area contributed by atoms with Crippen molar-refractivity contribution in [2.45, 2.75) is 13.1 Å². The van der Waals surface area contributed by atoms with Gasteiger partial charge in [-0.3, -0.25) is 14.8 Å². The maximum atomic E-state index is 13.7. The van der Waals surface area contributed by atoms with Gasteiger partial charge in [-0.2, -0.15) is 4.98 Å². The van der Waals surface area contributed by atoms with E-state index >= 15 is 0 Å². The van der Waals surface area contributed by atoms with Crippen LogP contribution in [0.25, 0.3) is 27.8 Å². The maximum absolute atomic E-state index is 13.7. The molecule has 2 N–H and O–H groups in total. The van der Waals surface area contributed by atoms with Crippen LogP contribution in [0.4, 0.5) is 8.78 Å². The van der Waals surface area contributed by atoms with E-state index in [0.29, 0.717) is 33.9 Å². The predicted octanol–water partition coefficient (Wildman–Crippen LogP) is 3.81. The third kappa shape index (κ3) is 4.79. The van der Waals surface area contributed by atoms with Crippen molar-refractivity contribution in [2.75, 3.05) is 13.7 Å². The summed E-state index contributed by atoms with van der Waals surface area (Å²) in [5, 5.41) is 12.2. The van der Waals surface area contributed by atoms with Gasteiger partial charge in [0.1, 0.15) is 5.49 Å². The number of aromatic nitrogens is 3.